The highest BCUT2D eigenvalue weighted by molar-refractivity contribution is 5.96. The Morgan fingerprint density at radius 3 is 1.92 bits per heavy atom. The van der Waals surface area contributed by atoms with Crippen molar-refractivity contribution in [2.75, 3.05) is 7.11 Å². The highest BCUT2D eigenvalue weighted by Gasteiger charge is 2.05. The fourth-order valence-electron chi connectivity index (χ4n) is 2.17. The molecule has 0 aliphatic heterocycles. The molecule has 3 aromatic rings. The minimum Gasteiger partial charge on any atom is -0.481 e. The lowest BCUT2D eigenvalue weighted by Gasteiger charge is -2.06. The Morgan fingerprint density at radius 2 is 1.25 bits per heavy atom. The largest absolute Gasteiger partial charge is 0.481 e. The Hall–Kier alpha value is -3.27. The van der Waals surface area contributed by atoms with Crippen LogP contribution in [0.1, 0.15) is 5.56 Å². The highest BCUT2D eigenvalue weighted by atomic mass is 16.5. The van der Waals surface area contributed by atoms with Crippen molar-refractivity contribution in [3.63, 3.8) is 0 Å². The van der Waals surface area contributed by atoms with E-state index in [2.05, 4.69) is 15.2 Å². The standard InChI is InChI=1S/C20H17N3O/c1-24-20(16-10-4-2-5-11-16)21-18-14-8-9-15-19(18)23-22-17-12-6-3-7-13-17/h2-15H,1H3. The second-order valence-electron chi connectivity index (χ2n) is 5.01. The van der Waals surface area contributed by atoms with Crippen LogP contribution in [0.5, 0.6) is 0 Å². The first kappa shape index (κ1) is 15.6. The number of nitrogens with zero attached hydrogens (tertiary/aromatic N) is 3. The van der Waals surface area contributed by atoms with Crippen molar-refractivity contribution < 1.29 is 4.74 Å². The van der Waals surface area contributed by atoms with Crippen LogP contribution >= 0.6 is 0 Å². The Morgan fingerprint density at radius 1 is 0.667 bits per heavy atom. The monoisotopic (exact) mass is 315 g/mol. The Labute approximate surface area is 141 Å². The van der Waals surface area contributed by atoms with Crippen molar-refractivity contribution in [2.45, 2.75) is 0 Å². The molecule has 0 aromatic heterocycles. The van der Waals surface area contributed by atoms with E-state index in [1.54, 1.807) is 7.11 Å². The summed E-state index contributed by atoms with van der Waals surface area (Å²) in [6.45, 7) is 0. The molecule has 4 heteroatoms. The van der Waals surface area contributed by atoms with E-state index >= 15 is 0 Å². The lowest BCUT2D eigenvalue weighted by Crippen LogP contribution is -2.02. The minimum absolute atomic E-state index is 0.540. The molecular weight excluding hydrogens is 298 g/mol. The van der Waals surface area contributed by atoms with Crippen LogP contribution in [0.4, 0.5) is 17.1 Å². The summed E-state index contributed by atoms with van der Waals surface area (Å²) in [6.07, 6.45) is 0. The summed E-state index contributed by atoms with van der Waals surface area (Å²) in [7, 11) is 1.61. The van der Waals surface area contributed by atoms with Gasteiger partial charge in [0.2, 0.25) is 5.90 Å². The van der Waals surface area contributed by atoms with E-state index in [0.717, 1.165) is 11.3 Å². The third-order valence-corrected chi connectivity index (χ3v) is 3.35. The minimum atomic E-state index is 0.540. The van der Waals surface area contributed by atoms with Gasteiger partial charge in [0.25, 0.3) is 0 Å². The lowest BCUT2D eigenvalue weighted by molar-refractivity contribution is 0.405. The molecule has 0 atom stereocenters. The van der Waals surface area contributed by atoms with E-state index in [-0.39, 0.29) is 0 Å². The second-order valence-corrected chi connectivity index (χ2v) is 5.01. The topological polar surface area (TPSA) is 46.3 Å². The van der Waals surface area contributed by atoms with Crippen molar-refractivity contribution in [2.24, 2.45) is 15.2 Å². The molecule has 0 heterocycles. The molecule has 0 spiro atoms. The number of rotatable bonds is 4. The summed E-state index contributed by atoms with van der Waals surface area (Å²) in [5.74, 6) is 0.540. The highest BCUT2D eigenvalue weighted by Crippen LogP contribution is 2.29. The summed E-state index contributed by atoms with van der Waals surface area (Å²) in [4.78, 5) is 4.60. The van der Waals surface area contributed by atoms with Gasteiger partial charge in [-0.25, -0.2) is 4.99 Å². The Balaban J connectivity index is 1.94. The molecule has 0 aliphatic carbocycles. The van der Waals surface area contributed by atoms with Crippen molar-refractivity contribution in [1.82, 2.24) is 0 Å². The molecule has 118 valence electrons. The van der Waals surface area contributed by atoms with Crippen LogP contribution in [0.15, 0.2) is 100 Å². The van der Waals surface area contributed by atoms with E-state index in [1.807, 2.05) is 84.9 Å². The molecule has 24 heavy (non-hydrogen) atoms. The maximum absolute atomic E-state index is 5.44. The molecule has 0 aliphatic rings. The van der Waals surface area contributed by atoms with Gasteiger partial charge in [0.1, 0.15) is 5.69 Å². The van der Waals surface area contributed by atoms with Gasteiger partial charge in [0, 0.05) is 5.56 Å². The van der Waals surface area contributed by atoms with Crippen molar-refractivity contribution in [3.05, 3.63) is 90.5 Å². The van der Waals surface area contributed by atoms with Gasteiger partial charge in [-0.3, -0.25) is 0 Å². The third kappa shape index (κ3) is 3.93. The molecular formula is C20H17N3O. The maximum Gasteiger partial charge on any atom is 0.221 e. The molecule has 0 amide bonds. The fourth-order valence-corrected chi connectivity index (χ4v) is 2.17. The van der Waals surface area contributed by atoms with Crippen LogP contribution in [0.3, 0.4) is 0 Å². The zero-order valence-corrected chi connectivity index (χ0v) is 13.3. The Bertz CT molecular complexity index is 843. The number of hydrogen-bond acceptors (Lipinski definition) is 4. The first-order chi connectivity index (χ1) is 11.9. The third-order valence-electron chi connectivity index (χ3n) is 3.35. The summed E-state index contributed by atoms with van der Waals surface area (Å²) in [5, 5.41) is 8.58. The number of azo groups is 1. The number of benzene rings is 3. The van der Waals surface area contributed by atoms with Gasteiger partial charge >= 0.3 is 0 Å². The number of aliphatic imine (C=N–C) groups is 1. The van der Waals surface area contributed by atoms with E-state index in [9.17, 15) is 0 Å². The van der Waals surface area contributed by atoms with Gasteiger partial charge in [-0.2, -0.15) is 5.11 Å². The second kappa shape index (κ2) is 7.83. The number of methoxy groups -OCH3 is 1. The first-order valence-corrected chi connectivity index (χ1v) is 7.61. The molecule has 3 rings (SSSR count). The molecule has 0 saturated heterocycles. The van der Waals surface area contributed by atoms with Crippen LogP contribution in [0, 0.1) is 0 Å². The van der Waals surface area contributed by atoms with Crippen molar-refractivity contribution in [3.8, 4) is 0 Å². The molecule has 0 saturated carbocycles. The van der Waals surface area contributed by atoms with E-state index < -0.39 is 0 Å². The zero-order chi connectivity index (χ0) is 16.6. The molecule has 3 aromatic carbocycles. The van der Waals surface area contributed by atoms with Gasteiger partial charge in [-0.05, 0) is 36.4 Å². The normalized spacial score (nSPS) is 11.6. The smallest absolute Gasteiger partial charge is 0.221 e. The van der Waals surface area contributed by atoms with Gasteiger partial charge in [-0.1, -0.05) is 48.5 Å². The number of hydrogen-bond donors (Lipinski definition) is 0. The van der Waals surface area contributed by atoms with Gasteiger partial charge < -0.3 is 4.74 Å². The average Bonchev–Trinajstić information content (AvgIpc) is 2.66. The summed E-state index contributed by atoms with van der Waals surface area (Å²) in [5.41, 5.74) is 3.10. The molecule has 0 radical (unpaired) electrons. The maximum atomic E-state index is 5.44. The average molecular weight is 315 g/mol. The molecule has 4 nitrogen and oxygen atoms in total. The summed E-state index contributed by atoms with van der Waals surface area (Å²) < 4.78 is 5.44. The Kier molecular flexibility index (Phi) is 5.10. The molecule has 0 unspecified atom stereocenters. The summed E-state index contributed by atoms with van der Waals surface area (Å²) >= 11 is 0. The summed E-state index contributed by atoms with van der Waals surface area (Å²) in [6, 6.07) is 27.0. The van der Waals surface area contributed by atoms with Gasteiger partial charge in [0.05, 0.1) is 18.5 Å². The van der Waals surface area contributed by atoms with E-state index in [0.29, 0.717) is 17.3 Å². The zero-order valence-electron chi connectivity index (χ0n) is 13.3. The number of ether oxygens (including phenoxy) is 1. The predicted octanol–water partition coefficient (Wildman–Crippen LogP) is 5.83. The predicted molar refractivity (Wildman–Crippen MR) is 96.7 cm³/mol. The van der Waals surface area contributed by atoms with Gasteiger partial charge in [-0.15, -0.1) is 5.11 Å². The van der Waals surface area contributed by atoms with Gasteiger partial charge in [0.15, 0.2) is 0 Å². The van der Waals surface area contributed by atoms with E-state index in [1.165, 1.54) is 0 Å². The first-order valence-electron chi connectivity index (χ1n) is 7.61. The molecule has 0 N–H and O–H groups in total. The SMILES string of the molecule is COC(=Nc1ccccc1N=Nc1ccccc1)c1ccccc1. The molecule has 0 bridgehead atoms. The fraction of sp³-hybridized carbons (Fsp3) is 0.0500. The lowest BCUT2D eigenvalue weighted by atomic mass is 10.2. The van der Waals surface area contributed by atoms with Crippen LogP contribution < -0.4 is 0 Å². The number of para-hydroxylation sites is 1. The van der Waals surface area contributed by atoms with Crippen molar-refractivity contribution >= 4 is 23.0 Å². The van der Waals surface area contributed by atoms with Crippen LogP contribution in [-0.4, -0.2) is 13.0 Å². The van der Waals surface area contributed by atoms with Crippen LogP contribution in [0.25, 0.3) is 0 Å². The molecule has 0 fully saturated rings. The van der Waals surface area contributed by atoms with E-state index in [4.69, 9.17) is 4.74 Å². The van der Waals surface area contributed by atoms with Crippen LogP contribution in [-0.2, 0) is 4.74 Å². The van der Waals surface area contributed by atoms with Crippen LogP contribution in [0.2, 0.25) is 0 Å². The van der Waals surface area contributed by atoms with Crippen molar-refractivity contribution in [1.29, 1.82) is 0 Å². The quantitative estimate of drug-likeness (QED) is 0.339.